The van der Waals surface area contributed by atoms with Crippen LogP contribution in [0.3, 0.4) is 0 Å². The molecule has 0 radical (unpaired) electrons. The van der Waals surface area contributed by atoms with E-state index in [1.165, 1.54) is 13.8 Å². The maximum Gasteiger partial charge on any atom is 0.304 e. The second kappa shape index (κ2) is 7.07. The molecule has 5 nitrogen and oxygen atoms in total. The number of alkyl halides is 1. The molecule has 0 amide bonds. The molecule has 0 heterocycles. The molecule has 0 aromatic heterocycles. The molecule has 1 N–H and O–H groups in total. The minimum atomic E-state index is -0.384. The van der Waals surface area contributed by atoms with Gasteiger partial charge in [0.2, 0.25) is 4.23 Å². The van der Waals surface area contributed by atoms with E-state index in [0.29, 0.717) is 6.54 Å². The average Bonchev–Trinajstić information content (AvgIpc) is 1.96. The van der Waals surface area contributed by atoms with E-state index in [-0.39, 0.29) is 22.8 Å². The highest BCUT2D eigenvalue weighted by atomic mass is 127. The first-order chi connectivity index (χ1) is 6.02. The Hall–Kier alpha value is -0.370. The first-order valence-electron chi connectivity index (χ1n) is 3.70. The van der Waals surface area contributed by atoms with Crippen LogP contribution in [0.15, 0.2) is 0 Å². The van der Waals surface area contributed by atoms with Crippen LogP contribution >= 0.6 is 22.6 Å². The van der Waals surface area contributed by atoms with Crippen molar-refractivity contribution >= 4 is 34.5 Å². The summed E-state index contributed by atoms with van der Waals surface area (Å²) in [6, 6.07) is 0. The number of hydrogen-bond acceptors (Lipinski definition) is 5. The molecule has 0 rings (SSSR count). The number of nitrogens with one attached hydrogen (secondary N) is 1. The summed E-state index contributed by atoms with van der Waals surface area (Å²) in [5.41, 5.74) is 0. The van der Waals surface area contributed by atoms with Crippen molar-refractivity contribution < 1.29 is 19.1 Å². The van der Waals surface area contributed by atoms with E-state index in [4.69, 9.17) is 4.74 Å². The molecule has 0 aromatic rings. The summed E-state index contributed by atoms with van der Waals surface area (Å²) in [6.07, 6.45) is 0. The van der Waals surface area contributed by atoms with Crippen molar-refractivity contribution in [2.75, 3.05) is 13.2 Å². The summed E-state index contributed by atoms with van der Waals surface area (Å²) >= 11 is 1.92. The third kappa shape index (κ3) is 9.54. The van der Waals surface area contributed by atoms with Gasteiger partial charge in [0.15, 0.2) is 0 Å². The smallest absolute Gasteiger partial charge is 0.304 e. The van der Waals surface area contributed by atoms with Crippen LogP contribution in [-0.4, -0.2) is 29.3 Å². The Morgan fingerprint density at radius 3 is 2.46 bits per heavy atom. The summed E-state index contributed by atoms with van der Waals surface area (Å²) in [6.45, 7) is 3.41. The lowest BCUT2D eigenvalue weighted by atomic mass is 10.7. The molecule has 0 spiro atoms. The van der Waals surface area contributed by atoms with Crippen LogP contribution in [0.2, 0.25) is 0 Å². The molecule has 0 fully saturated rings. The quantitative estimate of drug-likeness (QED) is 0.199. The second-order valence-electron chi connectivity index (χ2n) is 2.22. The average molecular weight is 301 g/mol. The zero-order valence-corrected chi connectivity index (χ0v) is 9.66. The lowest BCUT2D eigenvalue weighted by Crippen LogP contribution is -2.30. The number of carbonyl (C=O) groups excluding carboxylic acids is 2. The number of rotatable bonds is 5. The third-order valence-corrected chi connectivity index (χ3v) is 1.68. The monoisotopic (exact) mass is 301 g/mol. The molecule has 0 saturated heterocycles. The Kier molecular flexibility index (Phi) is 6.87. The molecule has 6 heteroatoms. The minimum absolute atomic E-state index is 0.274. The second-order valence-corrected chi connectivity index (χ2v) is 3.35. The first-order valence-corrected chi connectivity index (χ1v) is 4.95. The van der Waals surface area contributed by atoms with E-state index in [1.54, 1.807) is 0 Å². The van der Waals surface area contributed by atoms with Crippen molar-refractivity contribution in [3.8, 4) is 0 Å². The predicted octanol–water partition coefficient (Wildman–Crippen LogP) is 0.421. The van der Waals surface area contributed by atoms with Crippen LogP contribution < -0.4 is 5.32 Å². The van der Waals surface area contributed by atoms with Crippen LogP contribution in [0.1, 0.15) is 13.8 Å². The topological polar surface area (TPSA) is 64.6 Å². The van der Waals surface area contributed by atoms with Crippen molar-refractivity contribution in [1.82, 2.24) is 5.32 Å². The van der Waals surface area contributed by atoms with Crippen LogP contribution in [0, 0.1) is 0 Å². The van der Waals surface area contributed by atoms with E-state index in [1.807, 2.05) is 22.6 Å². The van der Waals surface area contributed by atoms with Gasteiger partial charge in [-0.3, -0.25) is 14.9 Å². The first kappa shape index (κ1) is 12.6. The minimum Gasteiger partial charge on any atom is -0.465 e. The zero-order valence-electron chi connectivity index (χ0n) is 7.50. The van der Waals surface area contributed by atoms with Gasteiger partial charge in [-0.2, -0.15) is 0 Å². The molecule has 0 aliphatic rings. The molecular formula is C7H12INO4. The van der Waals surface area contributed by atoms with Crippen LogP contribution in [0.25, 0.3) is 0 Å². The van der Waals surface area contributed by atoms with Crippen molar-refractivity contribution in [1.29, 1.82) is 0 Å². The van der Waals surface area contributed by atoms with Crippen molar-refractivity contribution in [3.63, 3.8) is 0 Å². The maximum atomic E-state index is 10.4. The van der Waals surface area contributed by atoms with E-state index in [2.05, 4.69) is 10.1 Å². The molecule has 0 aromatic carbocycles. The van der Waals surface area contributed by atoms with Gasteiger partial charge in [-0.05, 0) is 22.6 Å². The Morgan fingerprint density at radius 2 is 2.00 bits per heavy atom. The van der Waals surface area contributed by atoms with Gasteiger partial charge in [-0.15, -0.1) is 0 Å². The van der Waals surface area contributed by atoms with Gasteiger partial charge in [-0.1, -0.05) is 0 Å². The standard InChI is InChI=1S/C7H12INO4/c1-5(10)12-4-3-9-7(8)13-6(2)11/h7,9H,3-4H2,1-2H3. The molecule has 0 aliphatic heterocycles. The molecule has 1 unspecified atom stereocenters. The molecule has 76 valence electrons. The van der Waals surface area contributed by atoms with Gasteiger partial charge >= 0.3 is 11.9 Å². The fourth-order valence-corrected chi connectivity index (χ4v) is 1.22. The number of carbonyl (C=O) groups is 2. The van der Waals surface area contributed by atoms with Crippen molar-refractivity contribution in [2.45, 2.75) is 18.1 Å². The van der Waals surface area contributed by atoms with Crippen molar-refractivity contribution in [3.05, 3.63) is 0 Å². The third-order valence-electron chi connectivity index (χ3n) is 0.982. The Morgan fingerprint density at radius 1 is 1.38 bits per heavy atom. The highest BCUT2D eigenvalue weighted by Crippen LogP contribution is 1.97. The van der Waals surface area contributed by atoms with E-state index >= 15 is 0 Å². The molecular weight excluding hydrogens is 289 g/mol. The van der Waals surface area contributed by atoms with Crippen LogP contribution in [0.5, 0.6) is 0 Å². The predicted molar refractivity (Wildman–Crippen MR) is 54.2 cm³/mol. The van der Waals surface area contributed by atoms with Gasteiger partial charge in [0.25, 0.3) is 0 Å². The van der Waals surface area contributed by atoms with E-state index in [0.717, 1.165) is 0 Å². The highest BCUT2D eigenvalue weighted by Gasteiger charge is 2.04. The molecule has 0 bridgehead atoms. The largest absolute Gasteiger partial charge is 0.465 e. The van der Waals surface area contributed by atoms with Gasteiger partial charge in [0.05, 0.1) is 0 Å². The van der Waals surface area contributed by atoms with Gasteiger partial charge < -0.3 is 9.47 Å². The lowest BCUT2D eigenvalue weighted by Gasteiger charge is -2.11. The molecule has 13 heavy (non-hydrogen) atoms. The molecule has 0 saturated carbocycles. The fourth-order valence-electron chi connectivity index (χ4n) is 0.555. The van der Waals surface area contributed by atoms with Gasteiger partial charge in [-0.25, -0.2) is 0 Å². The summed E-state index contributed by atoms with van der Waals surface area (Å²) in [4.78, 5) is 20.8. The molecule has 1 atom stereocenters. The summed E-state index contributed by atoms with van der Waals surface area (Å²) < 4.78 is 9.02. The number of ether oxygens (including phenoxy) is 2. The van der Waals surface area contributed by atoms with E-state index < -0.39 is 0 Å². The normalized spacial score (nSPS) is 11.9. The fraction of sp³-hybridized carbons (Fsp3) is 0.714. The Bertz CT molecular complexity index is 185. The van der Waals surface area contributed by atoms with Crippen molar-refractivity contribution in [2.24, 2.45) is 0 Å². The zero-order chi connectivity index (χ0) is 10.3. The van der Waals surface area contributed by atoms with Crippen LogP contribution in [-0.2, 0) is 19.1 Å². The van der Waals surface area contributed by atoms with Gasteiger partial charge in [0, 0.05) is 20.4 Å². The number of hydrogen-bond donors (Lipinski definition) is 1. The number of esters is 2. The lowest BCUT2D eigenvalue weighted by molar-refractivity contribution is -0.144. The summed E-state index contributed by atoms with van der Waals surface area (Å²) in [5, 5.41) is 2.84. The van der Waals surface area contributed by atoms with Gasteiger partial charge in [0.1, 0.15) is 6.61 Å². The molecule has 0 aliphatic carbocycles. The highest BCUT2D eigenvalue weighted by molar-refractivity contribution is 14.1. The summed E-state index contributed by atoms with van der Waals surface area (Å²) in [7, 11) is 0. The van der Waals surface area contributed by atoms with Crippen LogP contribution in [0.4, 0.5) is 0 Å². The maximum absolute atomic E-state index is 10.4. The summed E-state index contributed by atoms with van der Waals surface area (Å²) in [5.74, 6) is -0.668. The SMILES string of the molecule is CC(=O)OCCNC(I)OC(C)=O. The Labute approximate surface area is 90.3 Å². The Balaban J connectivity index is 3.31. The van der Waals surface area contributed by atoms with E-state index in [9.17, 15) is 9.59 Å². The number of halogens is 1.